The average Bonchev–Trinajstić information content (AvgIpc) is 2.29. The second kappa shape index (κ2) is 6.74. The number of rotatable bonds is 7. The van der Waals surface area contributed by atoms with Crippen LogP contribution in [0.4, 0.5) is 4.39 Å². The number of benzene rings is 1. The molecule has 0 radical (unpaired) electrons. The predicted molar refractivity (Wildman–Crippen MR) is 67.2 cm³/mol. The maximum atomic E-state index is 13.3. The normalized spacial score (nSPS) is 11.6. The highest BCUT2D eigenvalue weighted by Gasteiger charge is 2.17. The van der Waals surface area contributed by atoms with Gasteiger partial charge >= 0.3 is 0 Å². The van der Waals surface area contributed by atoms with Crippen molar-refractivity contribution < 1.29 is 12.8 Å². The van der Waals surface area contributed by atoms with Crippen LogP contribution in [0.1, 0.15) is 39.0 Å². The van der Waals surface area contributed by atoms with E-state index < -0.39 is 15.7 Å². The Hall–Kier alpha value is -0.900. The van der Waals surface area contributed by atoms with Gasteiger partial charge in [-0.2, -0.15) is 0 Å². The zero-order valence-corrected chi connectivity index (χ0v) is 11.0. The second-order valence-electron chi connectivity index (χ2n) is 4.16. The van der Waals surface area contributed by atoms with Crippen LogP contribution in [0.3, 0.4) is 0 Å². The standard InChI is InChI=1S/C13H19FO2S/c1-2-3-4-5-8-11-17(15,16)13-10-7-6-9-12(13)14/h6-7,9-10H,2-5,8,11H2,1H3. The van der Waals surface area contributed by atoms with Gasteiger partial charge in [-0.05, 0) is 18.6 Å². The van der Waals surface area contributed by atoms with Gasteiger partial charge in [-0.1, -0.05) is 44.7 Å². The molecule has 0 aromatic heterocycles. The minimum absolute atomic E-state index is 0.0393. The van der Waals surface area contributed by atoms with E-state index in [1.807, 2.05) is 0 Å². The SMILES string of the molecule is CCCCCCCS(=O)(=O)c1ccccc1F. The first-order valence-electron chi connectivity index (χ1n) is 6.05. The smallest absolute Gasteiger partial charge is 0.181 e. The summed E-state index contributed by atoms with van der Waals surface area (Å²) in [6, 6.07) is 5.56. The minimum Gasteiger partial charge on any atom is -0.224 e. The van der Waals surface area contributed by atoms with Gasteiger partial charge < -0.3 is 0 Å². The molecule has 0 aliphatic rings. The number of halogens is 1. The van der Waals surface area contributed by atoms with Crippen LogP contribution in [-0.4, -0.2) is 14.2 Å². The largest absolute Gasteiger partial charge is 0.224 e. The van der Waals surface area contributed by atoms with Gasteiger partial charge in [0.25, 0.3) is 0 Å². The first-order valence-corrected chi connectivity index (χ1v) is 7.70. The van der Waals surface area contributed by atoms with Crippen molar-refractivity contribution in [3.8, 4) is 0 Å². The van der Waals surface area contributed by atoms with E-state index in [1.165, 1.54) is 18.2 Å². The van der Waals surface area contributed by atoms with Gasteiger partial charge in [0, 0.05) is 0 Å². The molecular formula is C13H19FO2S. The molecule has 0 atom stereocenters. The van der Waals surface area contributed by atoms with Crippen LogP contribution in [0, 0.1) is 5.82 Å². The molecule has 1 rings (SSSR count). The van der Waals surface area contributed by atoms with Crippen molar-refractivity contribution in [2.75, 3.05) is 5.75 Å². The predicted octanol–water partition coefficient (Wildman–Crippen LogP) is 3.57. The highest BCUT2D eigenvalue weighted by atomic mass is 32.2. The molecule has 2 nitrogen and oxygen atoms in total. The van der Waals surface area contributed by atoms with Gasteiger partial charge in [0.15, 0.2) is 9.84 Å². The van der Waals surface area contributed by atoms with Gasteiger partial charge in [-0.3, -0.25) is 0 Å². The van der Waals surface area contributed by atoms with E-state index in [2.05, 4.69) is 6.92 Å². The van der Waals surface area contributed by atoms with Gasteiger partial charge in [0.2, 0.25) is 0 Å². The molecule has 4 heteroatoms. The molecule has 0 fully saturated rings. The van der Waals surface area contributed by atoms with E-state index in [-0.39, 0.29) is 10.6 Å². The summed E-state index contributed by atoms with van der Waals surface area (Å²) in [6.07, 6.45) is 4.79. The molecule has 0 saturated carbocycles. The van der Waals surface area contributed by atoms with Crippen molar-refractivity contribution in [2.24, 2.45) is 0 Å². The summed E-state index contributed by atoms with van der Waals surface area (Å²) in [5, 5.41) is 0. The molecule has 1 aromatic carbocycles. The zero-order chi connectivity index (χ0) is 12.7. The summed E-state index contributed by atoms with van der Waals surface area (Å²) < 4.78 is 37.0. The molecule has 0 amide bonds. The van der Waals surface area contributed by atoms with E-state index >= 15 is 0 Å². The Kier molecular flexibility index (Phi) is 5.62. The lowest BCUT2D eigenvalue weighted by molar-refractivity contribution is 0.562. The number of unbranched alkanes of at least 4 members (excludes halogenated alkanes) is 4. The van der Waals surface area contributed by atoms with E-state index in [0.717, 1.165) is 25.7 Å². The van der Waals surface area contributed by atoms with Crippen LogP contribution in [0.5, 0.6) is 0 Å². The van der Waals surface area contributed by atoms with Crippen LogP contribution in [0.15, 0.2) is 29.2 Å². The molecule has 0 aliphatic heterocycles. The molecule has 0 N–H and O–H groups in total. The Morgan fingerprint density at radius 3 is 2.35 bits per heavy atom. The highest BCUT2D eigenvalue weighted by molar-refractivity contribution is 7.91. The Labute approximate surface area is 103 Å². The summed E-state index contributed by atoms with van der Waals surface area (Å²) >= 11 is 0. The lowest BCUT2D eigenvalue weighted by atomic mass is 10.2. The molecule has 0 unspecified atom stereocenters. The van der Waals surface area contributed by atoms with Crippen molar-refractivity contribution in [2.45, 2.75) is 43.9 Å². The van der Waals surface area contributed by atoms with Crippen LogP contribution in [0.25, 0.3) is 0 Å². The second-order valence-corrected chi connectivity index (χ2v) is 6.24. The number of sulfone groups is 1. The summed E-state index contributed by atoms with van der Waals surface area (Å²) in [5.74, 6) is -0.612. The lowest BCUT2D eigenvalue weighted by Gasteiger charge is -2.05. The average molecular weight is 258 g/mol. The summed E-state index contributed by atoms with van der Waals surface area (Å²) in [7, 11) is -3.45. The first-order chi connectivity index (χ1) is 8.08. The topological polar surface area (TPSA) is 34.1 Å². The van der Waals surface area contributed by atoms with Crippen LogP contribution < -0.4 is 0 Å². The van der Waals surface area contributed by atoms with Crippen molar-refractivity contribution in [1.29, 1.82) is 0 Å². The fourth-order valence-electron chi connectivity index (χ4n) is 1.70. The molecule has 1 aromatic rings. The summed E-state index contributed by atoms with van der Waals surface area (Å²) in [6.45, 7) is 2.11. The Balaban J connectivity index is 2.55. The molecular weight excluding hydrogens is 239 g/mol. The molecule has 0 aliphatic carbocycles. The van der Waals surface area contributed by atoms with Gasteiger partial charge in [0.1, 0.15) is 10.7 Å². The van der Waals surface area contributed by atoms with E-state index in [4.69, 9.17) is 0 Å². The van der Waals surface area contributed by atoms with E-state index in [1.54, 1.807) is 6.07 Å². The zero-order valence-electron chi connectivity index (χ0n) is 10.2. The molecule has 0 heterocycles. The van der Waals surface area contributed by atoms with Crippen molar-refractivity contribution in [3.63, 3.8) is 0 Å². The fraction of sp³-hybridized carbons (Fsp3) is 0.538. The highest BCUT2D eigenvalue weighted by Crippen LogP contribution is 2.17. The Bertz CT molecular complexity index is 440. The third-order valence-corrected chi connectivity index (χ3v) is 4.52. The lowest BCUT2D eigenvalue weighted by Crippen LogP contribution is -2.08. The van der Waals surface area contributed by atoms with E-state index in [9.17, 15) is 12.8 Å². The van der Waals surface area contributed by atoms with Crippen molar-refractivity contribution in [3.05, 3.63) is 30.1 Å². The first kappa shape index (κ1) is 14.2. The van der Waals surface area contributed by atoms with Gasteiger partial charge in [0.05, 0.1) is 5.75 Å². The minimum atomic E-state index is -3.45. The molecule has 17 heavy (non-hydrogen) atoms. The molecule has 0 spiro atoms. The number of hydrogen-bond acceptors (Lipinski definition) is 2. The molecule has 0 bridgehead atoms. The molecule has 96 valence electrons. The summed E-state index contributed by atoms with van der Waals surface area (Å²) in [4.78, 5) is -0.171. The Morgan fingerprint density at radius 2 is 1.71 bits per heavy atom. The monoisotopic (exact) mass is 258 g/mol. The van der Waals surface area contributed by atoms with Crippen LogP contribution >= 0.6 is 0 Å². The number of hydrogen-bond donors (Lipinski definition) is 0. The van der Waals surface area contributed by atoms with Crippen molar-refractivity contribution >= 4 is 9.84 Å². The quantitative estimate of drug-likeness (QED) is 0.701. The maximum absolute atomic E-state index is 13.3. The van der Waals surface area contributed by atoms with Crippen LogP contribution in [-0.2, 0) is 9.84 Å². The Morgan fingerprint density at radius 1 is 1.06 bits per heavy atom. The van der Waals surface area contributed by atoms with Gasteiger partial charge in [-0.15, -0.1) is 0 Å². The summed E-state index contributed by atoms with van der Waals surface area (Å²) in [5.41, 5.74) is 0. The van der Waals surface area contributed by atoms with Crippen molar-refractivity contribution in [1.82, 2.24) is 0 Å². The van der Waals surface area contributed by atoms with Crippen LogP contribution in [0.2, 0.25) is 0 Å². The molecule has 0 saturated heterocycles. The fourth-order valence-corrected chi connectivity index (χ4v) is 3.16. The third kappa shape index (κ3) is 4.46. The maximum Gasteiger partial charge on any atom is 0.181 e. The van der Waals surface area contributed by atoms with E-state index in [0.29, 0.717) is 6.42 Å². The van der Waals surface area contributed by atoms with Gasteiger partial charge in [-0.25, -0.2) is 12.8 Å². The third-order valence-electron chi connectivity index (χ3n) is 2.69.